The van der Waals surface area contributed by atoms with Crippen LogP contribution in [0.25, 0.3) is 11.1 Å². The second kappa shape index (κ2) is 17.5. The van der Waals surface area contributed by atoms with Crippen molar-refractivity contribution in [3.8, 4) is 34.4 Å². The van der Waals surface area contributed by atoms with Gasteiger partial charge in [-0.15, -0.1) is 0 Å². The van der Waals surface area contributed by atoms with Gasteiger partial charge in [-0.1, -0.05) is 41.9 Å². The fraction of sp³-hybridized carbons (Fsp3) is 0.341. The molecule has 0 bridgehead atoms. The van der Waals surface area contributed by atoms with Gasteiger partial charge < -0.3 is 29.5 Å². The Labute approximate surface area is 310 Å². The first-order valence-corrected chi connectivity index (χ1v) is 18.0. The van der Waals surface area contributed by atoms with Crippen LogP contribution >= 0.6 is 11.6 Å². The average molecular weight is 721 g/mol. The molecule has 0 aliphatic carbocycles. The van der Waals surface area contributed by atoms with Crippen molar-refractivity contribution in [2.75, 3.05) is 26.2 Å². The Kier molecular flexibility index (Phi) is 12.4. The number of aromatic nitrogens is 3. The topological polar surface area (TPSA) is 118 Å². The van der Waals surface area contributed by atoms with Crippen LogP contribution in [-0.2, 0) is 33.4 Å². The van der Waals surface area contributed by atoms with Gasteiger partial charge >= 0.3 is 0 Å². The fourth-order valence-electron chi connectivity index (χ4n) is 6.48. The summed E-state index contributed by atoms with van der Waals surface area (Å²) >= 11 is 6.83. The third-order valence-electron chi connectivity index (χ3n) is 9.50. The van der Waals surface area contributed by atoms with Gasteiger partial charge in [-0.3, -0.25) is 9.67 Å². The van der Waals surface area contributed by atoms with Gasteiger partial charge in [0.05, 0.1) is 29.0 Å². The Balaban J connectivity index is 1.15. The van der Waals surface area contributed by atoms with E-state index in [9.17, 15) is 10.4 Å². The van der Waals surface area contributed by atoms with Crippen LogP contribution in [0.15, 0.2) is 79.3 Å². The van der Waals surface area contributed by atoms with Gasteiger partial charge in [-0.05, 0) is 78.8 Å². The second-order valence-electron chi connectivity index (χ2n) is 13.2. The predicted molar refractivity (Wildman–Crippen MR) is 201 cm³/mol. The van der Waals surface area contributed by atoms with Gasteiger partial charge in [-0.2, -0.15) is 10.4 Å². The normalized spacial score (nSPS) is 14.3. The number of nitriles is 1. The summed E-state index contributed by atoms with van der Waals surface area (Å²) in [5.41, 5.74) is 8.66. The Morgan fingerprint density at radius 1 is 0.923 bits per heavy atom. The van der Waals surface area contributed by atoms with E-state index in [2.05, 4.69) is 64.5 Å². The number of nitrogens with zero attached hydrogens (tertiary/aromatic N) is 5. The predicted octanol–water partition coefficient (Wildman–Crippen LogP) is 6.91. The average Bonchev–Trinajstić information content (AvgIpc) is 3.77. The zero-order valence-electron chi connectivity index (χ0n) is 29.9. The van der Waals surface area contributed by atoms with E-state index in [1.807, 2.05) is 42.1 Å². The maximum absolute atomic E-state index is 9.80. The molecule has 0 radical (unpaired) electrons. The van der Waals surface area contributed by atoms with E-state index in [1.54, 1.807) is 18.5 Å². The van der Waals surface area contributed by atoms with Crippen LogP contribution in [0.4, 0.5) is 0 Å². The molecule has 0 saturated carbocycles. The lowest BCUT2D eigenvalue weighted by atomic mass is 9.93. The third-order valence-corrected chi connectivity index (χ3v) is 9.80. The van der Waals surface area contributed by atoms with Crippen LogP contribution in [0.2, 0.25) is 5.02 Å². The van der Waals surface area contributed by atoms with Gasteiger partial charge in [0.15, 0.2) is 0 Å². The molecule has 2 N–H and O–H groups in total. The first-order valence-electron chi connectivity index (χ1n) is 17.6. The number of hydrogen-bond acceptors (Lipinski definition) is 9. The van der Waals surface area contributed by atoms with Crippen molar-refractivity contribution in [2.24, 2.45) is 7.05 Å². The first kappa shape index (κ1) is 36.9. The number of β-amino-alcohol motifs (C(OH)–C–C–N with tert-alkyl or cyclic N) is 1. The van der Waals surface area contributed by atoms with E-state index in [0.717, 1.165) is 82.9 Å². The van der Waals surface area contributed by atoms with Crippen molar-refractivity contribution < 1.29 is 19.3 Å². The monoisotopic (exact) mass is 720 g/mol. The lowest BCUT2D eigenvalue weighted by molar-refractivity contribution is 0.173. The number of hydrogen-bond donors (Lipinski definition) is 2. The molecule has 11 heteroatoms. The van der Waals surface area contributed by atoms with Gasteiger partial charge in [-0.25, -0.2) is 0 Å². The maximum Gasteiger partial charge on any atom is 0.142 e. The number of halogens is 1. The van der Waals surface area contributed by atoms with Crippen LogP contribution in [0.1, 0.15) is 51.9 Å². The molecule has 3 heterocycles. The van der Waals surface area contributed by atoms with Crippen LogP contribution in [0.3, 0.4) is 0 Å². The molecule has 1 atom stereocenters. The number of likely N-dealkylation sites (tertiary alicyclic amines) is 1. The van der Waals surface area contributed by atoms with Crippen molar-refractivity contribution in [2.45, 2.75) is 59.1 Å². The highest BCUT2D eigenvalue weighted by Crippen LogP contribution is 2.36. The van der Waals surface area contributed by atoms with Gasteiger partial charge in [0, 0.05) is 75.6 Å². The molecule has 10 nitrogen and oxygen atoms in total. The summed E-state index contributed by atoms with van der Waals surface area (Å²) in [6.07, 6.45) is 6.55. The molecular formula is C41H45ClN6O4. The number of aliphatic hydroxyl groups excluding tert-OH is 1. The summed E-state index contributed by atoms with van der Waals surface area (Å²) in [6.45, 7) is 9.12. The Morgan fingerprint density at radius 3 is 2.50 bits per heavy atom. The molecule has 1 saturated heterocycles. The summed E-state index contributed by atoms with van der Waals surface area (Å²) in [5, 5.41) is 27.3. The maximum atomic E-state index is 9.80. The molecule has 1 aliphatic heterocycles. The zero-order valence-corrected chi connectivity index (χ0v) is 30.7. The molecule has 5 aromatic rings. The van der Waals surface area contributed by atoms with Gasteiger partial charge in [0.2, 0.25) is 0 Å². The van der Waals surface area contributed by atoms with Crippen LogP contribution in [-0.4, -0.2) is 57.1 Å². The summed E-state index contributed by atoms with van der Waals surface area (Å²) in [7, 11) is 1.91. The molecule has 52 heavy (non-hydrogen) atoms. The minimum atomic E-state index is -0.201. The molecule has 1 fully saturated rings. The number of benzene rings is 3. The summed E-state index contributed by atoms with van der Waals surface area (Å²) in [6, 6.07) is 22.0. The summed E-state index contributed by atoms with van der Waals surface area (Å²) in [4.78, 5) is 6.46. The number of rotatable bonds is 16. The lowest BCUT2D eigenvalue weighted by Gasteiger charge is -2.19. The third kappa shape index (κ3) is 9.29. The highest BCUT2D eigenvalue weighted by atomic mass is 35.5. The molecule has 3 aromatic carbocycles. The molecule has 0 amide bonds. The van der Waals surface area contributed by atoms with Crippen molar-refractivity contribution in [1.29, 1.82) is 5.26 Å². The zero-order chi connectivity index (χ0) is 36.5. The summed E-state index contributed by atoms with van der Waals surface area (Å²) < 4.78 is 20.8. The quantitative estimate of drug-likeness (QED) is 0.105. The Morgan fingerprint density at radius 2 is 1.73 bits per heavy atom. The highest BCUT2D eigenvalue weighted by Gasteiger charge is 2.20. The van der Waals surface area contributed by atoms with Crippen LogP contribution in [0, 0.1) is 25.2 Å². The van der Waals surface area contributed by atoms with E-state index < -0.39 is 0 Å². The molecule has 1 aliphatic rings. The number of ether oxygens (including phenoxy) is 3. The number of pyridine rings is 1. The first-order chi connectivity index (χ1) is 25.3. The number of aliphatic hydroxyl groups is 1. The molecule has 0 unspecified atom stereocenters. The van der Waals surface area contributed by atoms with E-state index in [4.69, 9.17) is 25.8 Å². The van der Waals surface area contributed by atoms with Gasteiger partial charge in [0.1, 0.15) is 36.5 Å². The van der Waals surface area contributed by atoms with E-state index in [-0.39, 0.29) is 12.7 Å². The second-order valence-corrected chi connectivity index (χ2v) is 13.6. The largest absolute Gasteiger partial charge is 0.493 e. The number of aryl methyl sites for hydroxylation is 1. The highest BCUT2D eigenvalue weighted by molar-refractivity contribution is 6.32. The van der Waals surface area contributed by atoms with Crippen molar-refractivity contribution in [1.82, 2.24) is 25.0 Å². The molecular weight excluding hydrogens is 676 g/mol. The smallest absolute Gasteiger partial charge is 0.142 e. The molecule has 2 aromatic heterocycles. The summed E-state index contributed by atoms with van der Waals surface area (Å²) in [5.74, 6) is 2.01. The molecule has 0 spiro atoms. The number of nitrogens with one attached hydrogen (secondary N) is 1. The van der Waals surface area contributed by atoms with Gasteiger partial charge in [0.25, 0.3) is 0 Å². The minimum absolute atomic E-state index is 0.201. The Hall–Kier alpha value is -4.92. The lowest BCUT2D eigenvalue weighted by Crippen LogP contribution is -2.24. The minimum Gasteiger partial charge on any atom is -0.493 e. The van der Waals surface area contributed by atoms with Crippen LogP contribution < -0.4 is 19.5 Å². The van der Waals surface area contributed by atoms with E-state index >= 15 is 0 Å². The fourth-order valence-corrected chi connectivity index (χ4v) is 6.72. The van der Waals surface area contributed by atoms with Crippen molar-refractivity contribution in [3.63, 3.8) is 0 Å². The van der Waals surface area contributed by atoms with E-state index in [0.29, 0.717) is 48.4 Å². The van der Waals surface area contributed by atoms with Crippen LogP contribution in [0.5, 0.6) is 17.2 Å². The SMILES string of the molecule is Cc1c(COc2cc(OCc3cncc(C#N)c3)c(CNCc3ccnn3C)cc2Cl)cccc1-c1cccc(OCCCN2CC[C@@H](O)C2)c1C. The molecule has 6 rings (SSSR count). The van der Waals surface area contributed by atoms with E-state index in [1.165, 1.54) is 6.20 Å². The standard InChI is InChI=1S/C41H45ClN6O4/c1-28-32(7-4-8-36(28)37-9-5-10-39(29(37)2)50-16-6-14-48-15-12-35(49)25-48)27-52-41-19-40(51-26-31-17-30(20-43)21-44-22-31)33(18-38(41)42)23-45-24-34-11-13-46-47(34)3/h4-5,7-11,13,17-19,21-22,35,45,49H,6,12,14-16,23-27H2,1-3H3/t35-/m1/s1. The molecule has 270 valence electrons. The van der Waals surface area contributed by atoms with Crippen molar-refractivity contribution >= 4 is 11.6 Å². The Bertz CT molecular complexity index is 2030. The van der Waals surface area contributed by atoms with Crippen molar-refractivity contribution in [3.05, 3.63) is 123 Å².